The lowest BCUT2D eigenvalue weighted by Crippen LogP contribution is -2.43. The minimum absolute atomic E-state index is 0.294. The molecular weight excluding hydrogens is 412 g/mol. The standard InChI is InChI=1S/C20H21ClN4O3S/c21-13-6-7-14-15(11-13)23-20(28)25(18(14)27)16(10-12-4-2-1-3-5-12)17(26)24-19-22-8-9-29-19/h6-9,11-12,16H,1-5,10H2,(H,23,28)(H,22,24,26). The van der Waals surface area contributed by atoms with Gasteiger partial charge in [-0.05, 0) is 30.5 Å². The van der Waals surface area contributed by atoms with E-state index in [1.807, 2.05) is 0 Å². The summed E-state index contributed by atoms with van der Waals surface area (Å²) in [6.07, 6.45) is 7.42. The van der Waals surface area contributed by atoms with E-state index >= 15 is 0 Å². The largest absolute Gasteiger partial charge is 0.329 e. The summed E-state index contributed by atoms with van der Waals surface area (Å²) in [7, 11) is 0. The first-order valence-electron chi connectivity index (χ1n) is 9.67. The molecule has 1 aromatic carbocycles. The Morgan fingerprint density at radius 1 is 1.31 bits per heavy atom. The molecule has 9 heteroatoms. The summed E-state index contributed by atoms with van der Waals surface area (Å²) in [5, 5.41) is 5.70. The summed E-state index contributed by atoms with van der Waals surface area (Å²) in [6.45, 7) is 0. The molecule has 152 valence electrons. The first-order chi connectivity index (χ1) is 14.0. The molecule has 1 aliphatic carbocycles. The summed E-state index contributed by atoms with van der Waals surface area (Å²) < 4.78 is 1.05. The fraction of sp³-hybridized carbons (Fsp3) is 0.400. The van der Waals surface area contributed by atoms with Crippen LogP contribution in [-0.2, 0) is 4.79 Å². The molecule has 0 bridgehead atoms. The Labute approximate surface area is 175 Å². The molecule has 1 unspecified atom stereocenters. The molecule has 1 amide bonds. The van der Waals surface area contributed by atoms with Crippen molar-refractivity contribution in [2.24, 2.45) is 5.92 Å². The van der Waals surface area contributed by atoms with Crippen molar-refractivity contribution in [3.63, 3.8) is 0 Å². The second kappa shape index (κ2) is 8.51. The van der Waals surface area contributed by atoms with Gasteiger partial charge in [0.25, 0.3) is 5.56 Å². The van der Waals surface area contributed by atoms with Crippen molar-refractivity contribution in [3.05, 3.63) is 55.6 Å². The molecule has 7 nitrogen and oxygen atoms in total. The third-order valence-electron chi connectivity index (χ3n) is 5.45. The van der Waals surface area contributed by atoms with Crippen molar-refractivity contribution in [1.29, 1.82) is 0 Å². The Balaban J connectivity index is 1.77. The predicted molar refractivity (Wildman–Crippen MR) is 115 cm³/mol. The van der Waals surface area contributed by atoms with Gasteiger partial charge in [-0.25, -0.2) is 14.3 Å². The number of carbonyl (C=O) groups excluding carboxylic acids is 1. The highest BCUT2D eigenvalue weighted by molar-refractivity contribution is 7.13. The topological polar surface area (TPSA) is 96.8 Å². The van der Waals surface area contributed by atoms with E-state index in [1.54, 1.807) is 23.7 Å². The van der Waals surface area contributed by atoms with Gasteiger partial charge in [0.2, 0.25) is 5.91 Å². The molecular formula is C20H21ClN4O3S. The maximum Gasteiger partial charge on any atom is 0.329 e. The van der Waals surface area contributed by atoms with Gasteiger partial charge >= 0.3 is 5.69 Å². The smallest absolute Gasteiger partial charge is 0.307 e. The number of hydrogen-bond donors (Lipinski definition) is 2. The van der Waals surface area contributed by atoms with E-state index in [0.29, 0.717) is 33.4 Å². The van der Waals surface area contributed by atoms with Crippen molar-refractivity contribution < 1.29 is 4.79 Å². The average molecular weight is 433 g/mol. The van der Waals surface area contributed by atoms with Gasteiger partial charge in [0.05, 0.1) is 10.9 Å². The van der Waals surface area contributed by atoms with Crippen molar-refractivity contribution in [2.75, 3.05) is 5.32 Å². The van der Waals surface area contributed by atoms with Crippen LogP contribution in [0.25, 0.3) is 10.9 Å². The van der Waals surface area contributed by atoms with Gasteiger partial charge in [-0.15, -0.1) is 11.3 Å². The van der Waals surface area contributed by atoms with Crippen LogP contribution in [-0.4, -0.2) is 20.4 Å². The Hall–Kier alpha value is -2.45. The zero-order valence-corrected chi connectivity index (χ0v) is 17.3. The van der Waals surface area contributed by atoms with E-state index in [1.165, 1.54) is 23.8 Å². The highest BCUT2D eigenvalue weighted by Crippen LogP contribution is 2.31. The SMILES string of the molecule is O=C(Nc1nccs1)C(CC1CCCCC1)n1c(=O)[nH]c2cc(Cl)ccc2c1=O. The molecule has 1 saturated carbocycles. The molecule has 0 spiro atoms. The molecule has 1 aliphatic rings. The van der Waals surface area contributed by atoms with E-state index < -0.39 is 23.2 Å². The normalized spacial score (nSPS) is 16.0. The predicted octanol–water partition coefficient (Wildman–Crippen LogP) is 3.95. The van der Waals surface area contributed by atoms with Gasteiger partial charge in [0.1, 0.15) is 6.04 Å². The number of fused-ring (bicyclic) bond motifs is 1. The van der Waals surface area contributed by atoms with Crippen LogP contribution in [0.3, 0.4) is 0 Å². The van der Waals surface area contributed by atoms with Crippen LogP contribution < -0.4 is 16.6 Å². The molecule has 2 aromatic heterocycles. The lowest BCUT2D eigenvalue weighted by molar-refractivity contribution is -0.120. The second-order valence-corrected chi connectivity index (χ2v) is 8.71. The van der Waals surface area contributed by atoms with Crippen LogP contribution in [0.4, 0.5) is 5.13 Å². The first-order valence-corrected chi connectivity index (χ1v) is 10.9. The number of nitrogens with zero attached hydrogens (tertiary/aromatic N) is 2. The summed E-state index contributed by atoms with van der Waals surface area (Å²) in [5.74, 6) is -0.102. The Morgan fingerprint density at radius 3 is 2.83 bits per heavy atom. The molecule has 4 rings (SSSR count). The van der Waals surface area contributed by atoms with Crippen molar-refractivity contribution >= 4 is 44.9 Å². The van der Waals surface area contributed by atoms with E-state index in [4.69, 9.17) is 11.6 Å². The number of amides is 1. The lowest BCUT2D eigenvalue weighted by atomic mass is 9.84. The van der Waals surface area contributed by atoms with Crippen LogP contribution in [0.15, 0.2) is 39.4 Å². The Kier molecular flexibility index (Phi) is 5.82. The maximum absolute atomic E-state index is 13.2. The number of rotatable bonds is 5. The van der Waals surface area contributed by atoms with Crippen LogP contribution >= 0.6 is 22.9 Å². The maximum atomic E-state index is 13.2. The van der Waals surface area contributed by atoms with Crippen molar-refractivity contribution in [2.45, 2.75) is 44.6 Å². The van der Waals surface area contributed by atoms with Gasteiger partial charge in [-0.1, -0.05) is 43.7 Å². The van der Waals surface area contributed by atoms with E-state index in [-0.39, 0.29) is 0 Å². The Morgan fingerprint density at radius 2 is 2.10 bits per heavy atom. The number of anilines is 1. The zero-order chi connectivity index (χ0) is 20.4. The van der Waals surface area contributed by atoms with Crippen LogP contribution in [0.1, 0.15) is 44.6 Å². The number of benzene rings is 1. The number of thiazole rings is 1. The molecule has 1 atom stereocenters. The average Bonchev–Trinajstić information content (AvgIpc) is 3.20. The van der Waals surface area contributed by atoms with Gasteiger partial charge in [-0.2, -0.15) is 0 Å². The number of hydrogen-bond acceptors (Lipinski definition) is 5. The van der Waals surface area contributed by atoms with Crippen LogP contribution in [0.5, 0.6) is 0 Å². The monoisotopic (exact) mass is 432 g/mol. The minimum atomic E-state index is -0.904. The molecule has 2 heterocycles. The highest BCUT2D eigenvalue weighted by atomic mass is 35.5. The highest BCUT2D eigenvalue weighted by Gasteiger charge is 2.29. The fourth-order valence-electron chi connectivity index (χ4n) is 4.03. The number of aromatic amines is 1. The molecule has 1 fully saturated rings. The third-order valence-corrected chi connectivity index (χ3v) is 6.37. The first kappa shape index (κ1) is 19.8. The van der Waals surface area contributed by atoms with Crippen molar-refractivity contribution in [3.8, 4) is 0 Å². The van der Waals surface area contributed by atoms with Gasteiger partial charge < -0.3 is 10.3 Å². The molecule has 29 heavy (non-hydrogen) atoms. The zero-order valence-electron chi connectivity index (χ0n) is 15.7. The summed E-state index contributed by atoms with van der Waals surface area (Å²) >= 11 is 7.28. The lowest BCUT2D eigenvalue weighted by Gasteiger charge is -2.26. The van der Waals surface area contributed by atoms with Gasteiger partial charge in [0, 0.05) is 16.6 Å². The number of halogens is 1. The summed E-state index contributed by atoms with van der Waals surface area (Å²) in [4.78, 5) is 45.9. The van der Waals surface area contributed by atoms with Gasteiger partial charge in [-0.3, -0.25) is 9.59 Å². The second-order valence-electron chi connectivity index (χ2n) is 7.38. The quantitative estimate of drug-likeness (QED) is 0.637. The Bertz CT molecular complexity index is 1130. The fourth-order valence-corrected chi connectivity index (χ4v) is 4.73. The van der Waals surface area contributed by atoms with Crippen molar-refractivity contribution in [1.82, 2.24) is 14.5 Å². The van der Waals surface area contributed by atoms with Gasteiger partial charge in [0.15, 0.2) is 5.13 Å². The number of carbonyl (C=O) groups is 1. The van der Waals surface area contributed by atoms with E-state index in [9.17, 15) is 14.4 Å². The summed E-state index contributed by atoms with van der Waals surface area (Å²) in [5.41, 5.74) is -0.740. The molecule has 0 aliphatic heterocycles. The minimum Gasteiger partial charge on any atom is -0.307 e. The number of H-pyrrole nitrogens is 1. The summed E-state index contributed by atoms with van der Waals surface area (Å²) in [6, 6.07) is 3.80. The number of nitrogens with one attached hydrogen (secondary N) is 2. The third kappa shape index (κ3) is 4.28. The molecule has 0 radical (unpaired) electrons. The van der Waals surface area contributed by atoms with Crippen LogP contribution in [0, 0.1) is 5.92 Å². The van der Waals surface area contributed by atoms with E-state index in [2.05, 4.69) is 15.3 Å². The van der Waals surface area contributed by atoms with E-state index in [0.717, 1.165) is 30.3 Å². The number of aromatic nitrogens is 3. The molecule has 2 N–H and O–H groups in total. The van der Waals surface area contributed by atoms with Crippen LogP contribution in [0.2, 0.25) is 5.02 Å². The molecule has 3 aromatic rings. The molecule has 0 saturated heterocycles.